The van der Waals surface area contributed by atoms with Crippen LogP contribution in [0.4, 0.5) is 0 Å². The second-order valence-electron chi connectivity index (χ2n) is 3.71. The van der Waals surface area contributed by atoms with Gasteiger partial charge >= 0.3 is 5.97 Å². The number of sulfone groups is 1. The maximum absolute atomic E-state index is 11.4. The van der Waals surface area contributed by atoms with Crippen molar-refractivity contribution in [2.24, 2.45) is 0 Å². The Hall–Kier alpha value is -0.580. The quantitative estimate of drug-likeness (QED) is 0.620. The van der Waals surface area contributed by atoms with Crippen LogP contribution in [0.1, 0.15) is 45.4 Å². The largest absolute Gasteiger partial charge is 0.481 e. The number of aliphatic carboxylic acids is 1. The van der Waals surface area contributed by atoms with Crippen molar-refractivity contribution in [3.05, 3.63) is 0 Å². The van der Waals surface area contributed by atoms with Crippen LogP contribution in [0.5, 0.6) is 0 Å². The Labute approximate surface area is 91.6 Å². The molecule has 0 aliphatic carbocycles. The predicted octanol–water partition coefficient (Wildman–Crippen LogP) is 1.85. The zero-order valence-electron chi connectivity index (χ0n) is 9.24. The molecule has 0 aromatic carbocycles. The molecule has 0 bridgehead atoms. The Morgan fingerprint density at radius 2 is 1.67 bits per heavy atom. The van der Waals surface area contributed by atoms with Crippen molar-refractivity contribution in [2.45, 2.75) is 45.4 Å². The van der Waals surface area contributed by atoms with Crippen LogP contribution in [-0.2, 0) is 14.6 Å². The first-order valence-corrected chi connectivity index (χ1v) is 7.22. The molecule has 15 heavy (non-hydrogen) atoms. The lowest BCUT2D eigenvalue weighted by Crippen LogP contribution is -2.11. The zero-order chi connectivity index (χ0) is 11.7. The standard InChI is InChI=1S/C10H20O4S/c1-2-3-8-15(13,14)9-6-4-5-7-10(11)12/h2-9H2,1H3,(H,11,12). The molecule has 0 amide bonds. The van der Waals surface area contributed by atoms with E-state index in [-0.39, 0.29) is 17.9 Å². The summed E-state index contributed by atoms with van der Waals surface area (Å²) in [6.07, 6.45) is 3.57. The van der Waals surface area contributed by atoms with Crippen LogP contribution in [0, 0.1) is 0 Å². The third-order valence-electron chi connectivity index (χ3n) is 2.15. The third-order valence-corrected chi connectivity index (χ3v) is 3.98. The molecular formula is C10H20O4S. The van der Waals surface area contributed by atoms with E-state index >= 15 is 0 Å². The maximum Gasteiger partial charge on any atom is 0.303 e. The van der Waals surface area contributed by atoms with Gasteiger partial charge in [0.05, 0.1) is 11.5 Å². The average Bonchev–Trinajstić information content (AvgIpc) is 2.14. The maximum atomic E-state index is 11.4. The molecule has 4 nitrogen and oxygen atoms in total. The van der Waals surface area contributed by atoms with E-state index in [1.807, 2.05) is 6.92 Å². The number of carbonyl (C=O) groups is 1. The fourth-order valence-corrected chi connectivity index (χ4v) is 2.82. The van der Waals surface area contributed by atoms with Crippen LogP contribution >= 0.6 is 0 Å². The molecule has 1 N–H and O–H groups in total. The molecule has 0 saturated heterocycles. The minimum Gasteiger partial charge on any atom is -0.481 e. The Balaban J connectivity index is 3.53. The Morgan fingerprint density at radius 1 is 1.07 bits per heavy atom. The second-order valence-corrected chi connectivity index (χ2v) is 6.01. The van der Waals surface area contributed by atoms with Crippen LogP contribution in [0.25, 0.3) is 0 Å². The van der Waals surface area contributed by atoms with Gasteiger partial charge in [-0.15, -0.1) is 0 Å². The summed E-state index contributed by atoms with van der Waals surface area (Å²) >= 11 is 0. The first kappa shape index (κ1) is 14.4. The molecule has 0 spiro atoms. The molecule has 0 unspecified atom stereocenters. The average molecular weight is 236 g/mol. The highest BCUT2D eigenvalue weighted by molar-refractivity contribution is 7.91. The van der Waals surface area contributed by atoms with E-state index in [1.54, 1.807) is 0 Å². The van der Waals surface area contributed by atoms with Crippen LogP contribution < -0.4 is 0 Å². The topological polar surface area (TPSA) is 71.4 Å². The van der Waals surface area contributed by atoms with E-state index in [9.17, 15) is 13.2 Å². The third kappa shape index (κ3) is 9.72. The summed E-state index contributed by atoms with van der Waals surface area (Å²) in [4.78, 5) is 10.2. The number of hydrogen-bond donors (Lipinski definition) is 1. The van der Waals surface area contributed by atoms with Gasteiger partial charge in [-0.25, -0.2) is 8.42 Å². The van der Waals surface area contributed by atoms with E-state index in [2.05, 4.69) is 0 Å². The van der Waals surface area contributed by atoms with Gasteiger partial charge in [0.2, 0.25) is 0 Å². The van der Waals surface area contributed by atoms with Crippen molar-refractivity contribution >= 4 is 15.8 Å². The van der Waals surface area contributed by atoms with Crippen molar-refractivity contribution in [3.8, 4) is 0 Å². The predicted molar refractivity (Wildman–Crippen MR) is 59.7 cm³/mol. The van der Waals surface area contributed by atoms with Gasteiger partial charge in [0, 0.05) is 6.42 Å². The van der Waals surface area contributed by atoms with Crippen molar-refractivity contribution in [3.63, 3.8) is 0 Å². The van der Waals surface area contributed by atoms with Crippen molar-refractivity contribution < 1.29 is 18.3 Å². The lowest BCUT2D eigenvalue weighted by Gasteiger charge is -2.02. The fourth-order valence-electron chi connectivity index (χ4n) is 1.24. The molecule has 0 aromatic heterocycles. The molecule has 0 heterocycles. The van der Waals surface area contributed by atoms with Gasteiger partial charge in [-0.1, -0.05) is 19.8 Å². The number of unbranched alkanes of at least 4 members (excludes halogenated alkanes) is 3. The number of carboxylic acid groups (broad SMARTS) is 1. The summed E-state index contributed by atoms with van der Waals surface area (Å²) in [6, 6.07) is 0. The van der Waals surface area contributed by atoms with E-state index in [4.69, 9.17) is 5.11 Å². The Morgan fingerprint density at radius 3 is 2.20 bits per heavy atom. The van der Waals surface area contributed by atoms with Crippen LogP contribution in [0.15, 0.2) is 0 Å². The molecular weight excluding hydrogens is 216 g/mol. The zero-order valence-corrected chi connectivity index (χ0v) is 10.1. The van der Waals surface area contributed by atoms with Gasteiger partial charge in [0.1, 0.15) is 9.84 Å². The lowest BCUT2D eigenvalue weighted by molar-refractivity contribution is -0.137. The van der Waals surface area contributed by atoms with Crippen molar-refractivity contribution in [2.75, 3.05) is 11.5 Å². The fraction of sp³-hybridized carbons (Fsp3) is 0.900. The highest BCUT2D eigenvalue weighted by atomic mass is 32.2. The number of rotatable bonds is 9. The summed E-state index contributed by atoms with van der Waals surface area (Å²) in [6.45, 7) is 1.96. The molecule has 0 rings (SSSR count). The summed E-state index contributed by atoms with van der Waals surface area (Å²) in [5, 5.41) is 8.37. The molecule has 0 atom stereocenters. The molecule has 0 fully saturated rings. The monoisotopic (exact) mass is 236 g/mol. The number of hydrogen-bond acceptors (Lipinski definition) is 3. The first-order chi connectivity index (χ1) is 6.98. The molecule has 5 heteroatoms. The summed E-state index contributed by atoms with van der Waals surface area (Å²) in [5.74, 6) is -0.349. The summed E-state index contributed by atoms with van der Waals surface area (Å²) in [5.41, 5.74) is 0. The van der Waals surface area contributed by atoms with E-state index < -0.39 is 15.8 Å². The molecule has 0 saturated carbocycles. The van der Waals surface area contributed by atoms with Crippen molar-refractivity contribution in [1.29, 1.82) is 0 Å². The molecule has 0 radical (unpaired) electrons. The normalized spacial score (nSPS) is 11.5. The van der Waals surface area contributed by atoms with Crippen LogP contribution in [0.2, 0.25) is 0 Å². The van der Waals surface area contributed by atoms with Gasteiger partial charge in [0.25, 0.3) is 0 Å². The van der Waals surface area contributed by atoms with Gasteiger partial charge in [0.15, 0.2) is 0 Å². The SMILES string of the molecule is CCCCS(=O)(=O)CCCCCC(=O)O. The van der Waals surface area contributed by atoms with E-state index in [1.165, 1.54) is 0 Å². The Bertz CT molecular complexity index is 269. The minimum atomic E-state index is -2.89. The molecule has 90 valence electrons. The van der Waals surface area contributed by atoms with Gasteiger partial charge in [-0.3, -0.25) is 4.79 Å². The summed E-state index contributed by atoms with van der Waals surface area (Å²) < 4.78 is 22.7. The van der Waals surface area contributed by atoms with Gasteiger partial charge in [-0.2, -0.15) is 0 Å². The lowest BCUT2D eigenvalue weighted by atomic mass is 10.2. The van der Waals surface area contributed by atoms with Crippen LogP contribution in [-0.4, -0.2) is 31.0 Å². The second kappa shape index (κ2) is 7.68. The highest BCUT2D eigenvalue weighted by Crippen LogP contribution is 2.05. The van der Waals surface area contributed by atoms with Crippen LogP contribution in [0.3, 0.4) is 0 Å². The molecule has 0 aliphatic rings. The smallest absolute Gasteiger partial charge is 0.303 e. The molecule has 0 aromatic rings. The van der Waals surface area contributed by atoms with E-state index in [0.29, 0.717) is 19.3 Å². The van der Waals surface area contributed by atoms with E-state index in [0.717, 1.165) is 12.8 Å². The minimum absolute atomic E-state index is 0.134. The first-order valence-electron chi connectivity index (χ1n) is 5.40. The summed E-state index contributed by atoms with van der Waals surface area (Å²) in [7, 11) is -2.89. The van der Waals surface area contributed by atoms with Gasteiger partial charge < -0.3 is 5.11 Å². The Kier molecular flexibility index (Phi) is 7.38. The van der Waals surface area contributed by atoms with Gasteiger partial charge in [-0.05, 0) is 19.3 Å². The molecule has 0 aliphatic heterocycles. The highest BCUT2D eigenvalue weighted by Gasteiger charge is 2.09. The van der Waals surface area contributed by atoms with Crippen molar-refractivity contribution in [1.82, 2.24) is 0 Å². The number of carboxylic acids is 1.